The predicted molar refractivity (Wildman–Crippen MR) is 51.4 cm³/mol. The van der Waals surface area contributed by atoms with Crippen molar-refractivity contribution in [2.45, 2.75) is 12.7 Å². The molecule has 58 valence electrons. The Kier molecular flexibility index (Phi) is 4.81. The van der Waals surface area contributed by atoms with Gasteiger partial charge >= 0.3 is 0 Å². The highest BCUT2D eigenvalue weighted by molar-refractivity contribution is 7.62. The van der Waals surface area contributed by atoms with Gasteiger partial charge in [-0.05, 0) is 19.8 Å². The normalized spacial score (nSPS) is 12.6. The largest absolute Gasteiger partial charge is 0.324 e. The Bertz CT molecular complexity index is 148. The van der Waals surface area contributed by atoms with Gasteiger partial charge in [0.2, 0.25) is 0 Å². The Hall–Kier alpha value is 0.0349. The molecule has 0 unspecified atom stereocenters. The third-order valence-electron chi connectivity index (χ3n) is 1.24. The van der Waals surface area contributed by atoms with Crippen molar-refractivity contribution in [1.29, 1.82) is 0 Å². The average Bonchev–Trinajstić information content (AvgIpc) is 1.78. The number of rotatable bonds is 4. The molecule has 0 spiro atoms. The molecule has 1 nitrogen and oxygen atoms in total. The van der Waals surface area contributed by atoms with Crippen molar-refractivity contribution in [2.24, 2.45) is 0 Å². The molecule has 3 heteroatoms. The van der Waals surface area contributed by atoms with Gasteiger partial charge in [0.1, 0.15) is 7.85 Å². The first-order valence-corrected chi connectivity index (χ1v) is 6.54. The molecular formula is C7H16BOP. The van der Waals surface area contributed by atoms with E-state index in [2.05, 4.69) is 20.0 Å². The molecule has 0 heterocycles. The Labute approximate surface area is 64.7 Å². The van der Waals surface area contributed by atoms with Crippen LogP contribution < -0.4 is 0 Å². The second-order valence-electron chi connectivity index (χ2n) is 2.97. The zero-order valence-electron chi connectivity index (χ0n) is 7.13. The second kappa shape index (κ2) is 4.79. The molecule has 0 saturated carbocycles. The fourth-order valence-electron chi connectivity index (χ4n) is 0.670. The molecule has 0 aromatic rings. The standard InChI is InChI=1S/C7H16BOP/c1-10(2,9)7-5-3-4-6-8/h3-4H,5-8H2,1-2H3/b4-3+. The third kappa shape index (κ3) is 8.03. The molecular weight excluding hydrogens is 142 g/mol. The van der Waals surface area contributed by atoms with Gasteiger partial charge in [0.05, 0.1) is 7.14 Å². The highest BCUT2D eigenvalue weighted by atomic mass is 31.2. The summed E-state index contributed by atoms with van der Waals surface area (Å²) in [6.07, 6.45) is 7.13. The van der Waals surface area contributed by atoms with E-state index in [1.165, 1.54) is 0 Å². The molecule has 0 rings (SSSR count). The first kappa shape index (κ1) is 10.0. The highest BCUT2D eigenvalue weighted by Crippen LogP contribution is 2.36. The van der Waals surface area contributed by atoms with Crippen LogP contribution >= 0.6 is 7.14 Å². The smallest absolute Gasteiger partial charge is 0.106 e. The lowest BCUT2D eigenvalue weighted by atomic mass is 10.1. The Morgan fingerprint density at radius 1 is 1.40 bits per heavy atom. The fourth-order valence-corrected chi connectivity index (χ4v) is 1.44. The quantitative estimate of drug-likeness (QED) is 0.345. The van der Waals surface area contributed by atoms with Gasteiger partial charge in [0.25, 0.3) is 0 Å². The molecule has 0 amide bonds. The van der Waals surface area contributed by atoms with Gasteiger partial charge in [-0.15, -0.1) is 0 Å². The van der Waals surface area contributed by atoms with Crippen LogP contribution in [0.3, 0.4) is 0 Å². The third-order valence-corrected chi connectivity index (χ3v) is 2.57. The summed E-state index contributed by atoms with van der Waals surface area (Å²) >= 11 is 0. The van der Waals surface area contributed by atoms with Crippen LogP contribution in [0.4, 0.5) is 0 Å². The van der Waals surface area contributed by atoms with Gasteiger partial charge in [0.15, 0.2) is 0 Å². The lowest BCUT2D eigenvalue weighted by Crippen LogP contribution is -1.82. The maximum atomic E-state index is 11.1. The monoisotopic (exact) mass is 158 g/mol. The van der Waals surface area contributed by atoms with Crippen LogP contribution in [0.1, 0.15) is 6.42 Å². The minimum Gasteiger partial charge on any atom is -0.324 e. The van der Waals surface area contributed by atoms with E-state index in [9.17, 15) is 4.57 Å². The fraction of sp³-hybridized carbons (Fsp3) is 0.714. The first-order chi connectivity index (χ1) is 4.56. The summed E-state index contributed by atoms with van der Waals surface area (Å²) in [5.41, 5.74) is 0. The lowest BCUT2D eigenvalue weighted by molar-refractivity contribution is 0.582. The molecule has 0 aliphatic carbocycles. The summed E-state index contributed by atoms with van der Waals surface area (Å²) < 4.78 is 11.1. The van der Waals surface area contributed by atoms with Crippen molar-refractivity contribution in [1.82, 2.24) is 0 Å². The highest BCUT2D eigenvalue weighted by Gasteiger charge is 2.03. The zero-order valence-corrected chi connectivity index (χ0v) is 8.03. The molecule has 0 fully saturated rings. The van der Waals surface area contributed by atoms with E-state index in [1.54, 1.807) is 0 Å². The maximum absolute atomic E-state index is 11.1. The van der Waals surface area contributed by atoms with E-state index in [4.69, 9.17) is 0 Å². The van der Waals surface area contributed by atoms with Crippen LogP contribution in [-0.2, 0) is 4.57 Å². The molecule has 10 heavy (non-hydrogen) atoms. The maximum Gasteiger partial charge on any atom is 0.106 e. The molecule has 0 aliphatic rings. The van der Waals surface area contributed by atoms with Gasteiger partial charge in [-0.3, -0.25) is 0 Å². The topological polar surface area (TPSA) is 17.1 Å². The second-order valence-corrected chi connectivity index (χ2v) is 6.56. The Morgan fingerprint density at radius 2 is 2.00 bits per heavy atom. The van der Waals surface area contributed by atoms with Crippen LogP contribution in [0.2, 0.25) is 6.32 Å². The minimum atomic E-state index is -1.76. The summed E-state index contributed by atoms with van der Waals surface area (Å²) in [4.78, 5) is 0. The molecule has 0 N–H and O–H groups in total. The summed E-state index contributed by atoms with van der Waals surface area (Å²) in [5.74, 6) is 0. The molecule has 0 atom stereocenters. The van der Waals surface area contributed by atoms with Crippen LogP contribution in [-0.4, -0.2) is 27.3 Å². The summed E-state index contributed by atoms with van der Waals surface area (Å²) in [7, 11) is 0.348. The lowest BCUT2D eigenvalue weighted by Gasteiger charge is -2.01. The van der Waals surface area contributed by atoms with Crippen molar-refractivity contribution < 1.29 is 4.57 Å². The number of hydrogen-bond acceptors (Lipinski definition) is 1. The van der Waals surface area contributed by atoms with Crippen molar-refractivity contribution in [2.75, 3.05) is 19.5 Å². The molecule has 0 aromatic heterocycles. The van der Waals surface area contributed by atoms with Gasteiger partial charge in [-0.25, -0.2) is 0 Å². The molecule has 0 aromatic carbocycles. The van der Waals surface area contributed by atoms with E-state index in [0.717, 1.165) is 18.9 Å². The van der Waals surface area contributed by atoms with Crippen molar-refractivity contribution in [3.05, 3.63) is 12.2 Å². The van der Waals surface area contributed by atoms with Crippen LogP contribution in [0, 0.1) is 0 Å². The van der Waals surface area contributed by atoms with Gasteiger partial charge in [0, 0.05) is 6.16 Å². The van der Waals surface area contributed by atoms with E-state index in [-0.39, 0.29) is 0 Å². The van der Waals surface area contributed by atoms with Crippen LogP contribution in [0.5, 0.6) is 0 Å². The number of allylic oxidation sites excluding steroid dienone is 2. The summed E-state index contributed by atoms with van der Waals surface area (Å²) in [6, 6.07) is 0. The van der Waals surface area contributed by atoms with E-state index in [1.807, 2.05) is 13.3 Å². The van der Waals surface area contributed by atoms with Crippen LogP contribution in [0.15, 0.2) is 12.2 Å². The molecule has 0 bridgehead atoms. The van der Waals surface area contributed by atoms with Crippen molar-refractivity contribution in [3.63, 3.8) is 0 Å². The van der Waals surface area contributed by atoms with E-state index in [0.29, 0.717) is 0 Å². The van der Waals surface area contributed by atoms with E-state index >= 15 is 0 Å². The summed E-state index contributed by atoms with van der Waals surface area (Å²) in [5, 5.41) is 0. The summed E-state index contributed by atoms with van der Waals surface area (Å²) in [6.45, 7) is 3.68. The minimum absolute atomic E-state index is 0.851. The molecule has 0 aliphatic heterocycles. The average molecular weight is 158 g/mol. The van der Waals surface area contributed by atoms with Gasteiger partial charge in [-0.1, -0.05) is 18.5 Å². The van der Waals surface area contributed by atoms with Gasteiger partial charge < -0.3 is 4.57 Å². The Balaban J connectivity index is 3.38. The van der Waals surface area contributed by atoms with Crippen molar-refractivity contribution in [3.8, 4) is 0 Å². The first-order valence-electron chi connectivity index (χ1n) is 3.75. The van der Waals surface area contributed by atoms with Crippen molar-refractivity contribution >= 4 is 15.0 Å². The molecule has 0 saturated heterocycles. The predicted octanol–water partition coefficient (Wildman–Crippen LogP) is 1.61. The molecule has 0 radical (unpaired) electrons. The van der Waals surface area contributed by atoms with E-state index < -0.39 is 7.14 Å². The Morgan fingerprint density at radius 3 is 2.40 bits per heavy atom. The number of hydrogen-bond donors (Lipinski definition) is 0. The van der Waals surface area contributed by atoms with Gasteiger partial charge in [-0.2, -0.15) is 0 Å². The SMILES string of the molecule is BC/C=C/CCP(C)(C)=O. The van der Waals surface area contributed by atoms with Crippen LogP contribution in [0.25, 0.3) is 0 Å². The zero-order chi connectivity index (χ0) is 8.04.